The van der Waals surface area contributed by atoms with Crippen LogP contribution in [0.4, 0.5) is 4.79 Å². The Morgan fingerprint density at radius 1 is 1.41 bits per heavy atom. The first kappa shape index (κ1) is 16.0. The zero-order chi connectivity index (χ0) is 13.3. The molecule has 1 atom stereocenters. The lowest BCUT2D eigenvalue weighted by Gasteiger charge is -2.25. The smallest absolute Gasteiger partial charge is 0.315 e. The van der Waals surface area contributed by atoms with Crippen molar-refractivity contribution in [3.63, 3.8) is 0 Å². The van der Waals surface area contributed by atoms with Gasteiger partial charge >= 0.3 is 6.03 Å². The highest BCUT2D eigenvalue weighted by atomic mass is 16.3. The Morgan fingerprint density at radius 2 is 2.06 bits per heavy atom. The molecule has 17 heavy (non-hydrogen) atoms. The van der Waals surface area contributed by atoms with Gasteiger partial charge in [-0.05, 0) is 25.2 Å². The predicted molar refractivity (Wildman–Crippen MR) is 70.9 cm³/mol. The molecular weight excluding hydrogens is 216 g/mol. The van der Waals surface area contributed by atoms with Crippen molar-refractivity contribution in [2.75, 3.05) is 13.2 Å². The van der Waals surface area contributed by atoms with Crippen molar-refractivity contribution in [3.8, 4) is 0 Å². The number of rotatable bonds is 6. The second-order valence-electron chi connectivity index (χ2n) is 5.40. The van der Waals surface area contributed by atoms with Crippen molar-refractivity contribution in [2.24, 2.45) is 5.41 Å². The second-order valence-corrected chi connectivity index (χ2v) is 5.40. The Morgan fingerprint density at radius 3 is 2.53 bits per heavy atom. The van der Waals surface area contributed by atoms with Gasteiger partial charge in [-0.2, -0.15) is 0 Å². The third-order valence-electron chi connectivity index (χ3n) is 2.25. The zero-order valence-electron chi connectivity index (χ0n) is 11.4. The summed E-state index contributed by atoms with van der Waals surface area (Å²) in [5.41, 5.74) is 0.0889. The summed E-state index contributed by atoms with van der Waals surface area (Å²) in [6.07, 6.45) is 5.54. The van der Waals surface area contributed by atoms with Crippen LogP contribution >= 0.6 is 0 Å². The lowest BCUT2D eigenvalue weighted by Crippen LogP contribution is -2.45. The molecule has 0 saturated carbocycles. The third-order valence-corrected chi connectivity index (χ3v) is 2.25. The highest BCUT2D eigenvalue weighted by Crippen LogP contribution is 2.20. The van der Waals surface area contributed by atoms with Gasteiger partial charge < -0.3 is 15.7 Å². The molecule has 100 valence electrons. The Balaban J connectivity index is 3.90. The molecular formula is C13H26N2O2. The summed E-state index contributed by atoms with van der Waals surface area (Å²) in [5, 5.41) is 14.7. The van der Waals surface area contributed by atoms with Gasteiger partial charge in [0.05, 0.1) is 12.6 Å². The topological polar surface area (TPSA) is 61.4 Å². The first-order chi connectivity index (χ1) is 7.89. The molecule has 0 aliphatic rings. The number of nitrogens with one attached hydrogen (secondary N) is 2. The van der Waals surface area contributed by atoms with Crippen LogP contribution in [-0.4, -0.2) is 30.3 Å². The number of carbonyl (C=O) groups excluding carboxylic acids is 1. The first-order valence-corrected chi connectivity index (χ1v) is 6.15. The number of aliphatic hydroxyl groups is 1. The number of amides is 2. The summed E-state index contributed by atoms with van der Waals surface area (Å²) in [6, 6.07) is -0.394. The third kappa shape index (κ3) is 9.87. The van der Waals surface area contributed by atoms with Gasteiger partial charge in [0.2, 0.25) is 0 Å². The van der Waals surface area contributed by atoms with E-state index in [2.05, 4.69) is 31.4 Å². The van der Waals surface area contributed by atoms with E-state index in [1.54, 1.807) is 0 Å². The standard InChI is InChI=1S/C13H26N2O2/c1-5-6-7-8-14-12(17)15-11(10-16)9-13(2,3)4/h5-6,11,16H,7-10H2,1-4H3,(H2,14,15,17)/b6-5+. The molecule has 0 fully saturated rings. The summed E-state index contributed by atoms with van der Waals surface area (Å²) < 4.78 is 0. The minimum atomic E-state index is -0.210. The molecule has 0 aromatic carbocycles. The quantitative estimate of drug-likeness (QED) is 0.493. The van der Waals surface area contributed by atoms with Crippen LogP contribution in [0.25, 0.3) is 0 Å². The monoisotopic (exact) mass is 242 g/mol. The van der Waals surface area contributed by atoms with E-state index in [-0.39, 0.29) is 24.1 Å². The van der Waals surface area contributed by atoms with E-state index in [0.29, 0.717) is 6.54 Å². The van der Waals surface area contributed by atoms with Crippen LogP contribution in [0.3, 0.4) is 0 Å². The Bertz CT molecular complexity index is 244. The van der Waals surface area contributed by atoms with Gasteiger partial charge in [0.25, 0.3) is 0 Å². The maximum Gasteiger partial charge on any atom is 0.315 e. The van der Waals surface area contributed by atoms with Crippen molar-refractivity contribution in [3.05, 3.63) is 12.2 Å². The first-order valence-electron chi connectivity index (χ1n) is 6.15. The highest BCUT2D eigenvalue weighted by Gasteiger charge is 2.19. The van der Waals surface area contributed by atoms with Crippen molar-refractivity contribution < 1.29 is 9.90 Å². The van der Waals surface area contributed by atoms with E-state index in [9.17, 15) is 9.90 Å². The molecule has 0 spiro atoms. The van der Waals surface area contributed by atoms with E-state index in [1.807, 2.05) is 19.1 Å². The van der Waals surface area contributed by atoms with Crippen molar-refractivity contribution in [2.45, 2.75) is 46.6 Å². The van der Waals surface area contributed by atoms with Gasteiger partial charge in [-0.3, -0.25) is 0 Å². The fourth-order valence-corrected chi connectivity index (χ4v) is 1.57. The average Bonchev–Trinajstić information content (AvgIpc) is 2.21. The van der Waals surface area contributed by atoms with Gasteiger partial charge in [0.1, 0.15) is 0 Å². The van der Waals surface area contributed by atoms with Crippen molar-refractivity contribution in [1.82, 2.24) is 10.6 Å². The maximum absolute atomic E-state index is 11.5. The highest BCUT2D eigenvalue weighted by molar-refractivity contribution is 5.74. The number of carbonyl (C=O) groups is 1. The summed E-state index contributed by atoms with van der Waals surface area (Å²) >= 11 is 0. The maximum atomic E-state index is 11.5. The van der Waals surface area contributed by atoms with Gasteiger partial charge in [-0.25, -0.2) is 4.79 Å². The molecule has 4 heteroatoms. The van der Waals surface area contributed by atoms with Crippen molar-refractivity contribution in [1.29, 1.82) is 0 Å². The van der Waals surface area contributed by atoms with Gasteiger partial charge in [-0.1, -0.05) is 32.9 Å². The van der Waals surface area contributed by atoms with E-state index >= 15 is 0 Å². The van der Waals surface area contributed by atoms with Gasteiger partial charge in [0, 0.05) is 6.54 Å². The molecule has 0 bridgehead atoms. The SMILES string of the molecule is C/C=C/CCNC(=O)NC(CO)CC(C)(C)C. The molecule has 0 aromatic heterocycles. The fraction of sp³-hybridized carbons (Fsp3) is 0.769. The number of aliphatic hydroxyl groups excluding tert-OH is 1. The molecule has 0 radical (unpaired) electrons. The van der Waals surface area contributed by atoms with Crippen LogP contribution < -0.4 is 10.6 Å². The number of urea groups is 1. The summed E-state index contributed by atoms with van der Waals surface area (Å²) in [5.74, 6) is 0. The predicted octanol–water partition coefficient (Wildman–Crippen LogP) is 2.05. The zero-order valence-corrected chi connectivity index (χ0v) is 11.4. The number of allylic oxidation sites excluding steroid dienone is 1. The molecule has 0 aliphatic carbocycles. The van der Waals surface area contributed by atoms with Gasteiger partial charge in [0.15, 0.2) is 0 Å². The van der Waals surface area contributed by atoms with Crippen LogP contribution in [0.1, 0.15) is 40.5 Å². The van der Waals surface area contributed by atoms with Gasteiger partial charge in [-0.15, -0.1) is 0 Å². The summed E-state index contributed by atoms with van der Waals surface area (Å²) in [7, 11) is 0. The fourth-order valence-electron chi connectivity index (χ4n) is 1.57. The second kappa shape index (κ2) is 8.12. The Kier molecular flexibility index (Phi) is 7.63. The van der Waals surface area contributed by atoms with Crippen LogP contribution in [0, 0.1) is 5.41 Å². The molecule has 0 rings (SSSR count). The molecule has 1 unspecified atom stereocenters. The Labute approximate surface area is 104 Å². The molecule has 2 amide bonds. The van der Waals surface area contributed by atoms with Crippen LogP contribution in [-0.2, 0) is 0 Å². The molecule has 0 saturated heterocycles. The largest absolute Gasteiger partial charge is 0.394 e. The van der Waals surface area contributed by atoms with Crippen molar-refractivity contribution >= 4 is 6.03 Å². The molecule has 4 nitrogen and oxygen atoms in total. The molecule has 0 aromatic rings. The van der Waals surface area contributed by atoms with E-state index in [0.717, 1.165) is 12.8 Å². The lowest BCUT2D eigenvalue weighted by atomic mass is 9.88. The van der Waals surface area contributed by atoms with E-state index in [4.69, 9.17) is 0 Å². The number of hydrogen-bond donors (Lipinski definition) is 3. The van der Waals surface area contributed by atoms with E-state index in [1.165, 1.54) is 0 Å². The van der Waals surface area contributed by atoms with Crippen LogP contribution in [0.2, 0.25) is 0 Å². The van der Waals surface area contributed by atoms with Crippen LogP contribution in [0.5, 0.6) is 0 Å². The lowest BCUT2D eigenvalue weighted by molar-refractivity contribution is 0.191. The van der Waals surface area contributed by atoms with Crippen LogP contribution in [0.15, 0.2) is 12.2 Å². The molecule has 3 N–H and O–H groups in total. The average molecular weight is 242 g/mol. The normalized spacial score (nSPS) is 13.7. The number of hydrogen-bond acceptors (Lipinski definition) is 2. The van der Waals surface area contributed by atoms with E-state index < -0.39 is 0 Å². The Hall–Kier alpha value is -1.03. The summed E-state index contributed by atoms with van der Waals surface area (Å²) in [6.45, 7) is 8.79. The molecule has 0 heterocycles. The minimum Gasteiger partial charge on any atom is -0.394 e. The summed E-state index contributed by atoms with van der Waals surface area (Å²) in [4.78, 5) is 11.5. The minimum absolute atomic E-state index is 0.0282. The molecule has 0 aliphatic heterocycles.